The van der Waals surface area contributed by atoms with E-state index in [0.717, 1.165) is 27.1 Å². The number of benzene rings is 3. The molecule has 7 nitrogen and oxygen atoms in total. The number of nitrogens with one attached hydrogen (secondary N) is 1. The third-order valence-corrected chi connectivity index (χ3v) is 5.93. The summed E-state index contributed by atoms with van der Waals surface area (Å²) in [7, 11) is 1.49. The normalized spacial score (nSPS) is 11.2. The third-order valence-electron chi connectivity index (χ3n) is 5.93. The second kappa shape index (κ2) is 9.69. The Hall–Kier alpha value is -4.28. The highest BCUT2D eigenvalue weighted by molar-refractivity contribution is 6.15. The molecule has 7 heteroatoms. The number of pyridine rings is 1. The van der Waals surface area contributed by atoms with Crippen LogP contribution in [-0.2, 0) is 22.7 Å². The molecule has 1 aromatic heterocycles. The van der Waals surface area contributed by atoms with Crippen LogP contribution in [0.4, 0.5) is 0 Å². The number of hydrogen-bond donors (Lipinski definition) is 1. The zero-order chi connectivity index (χ0) is 24.2. The lowest BCUT2D eigenvalue weighted by Crippen LogP contribution is -2.33. The van der Waals surface area contributed by atoms with Crippen molar-refractivity contribution in [3.05, 3.63) is 92.9 Å². The lowest BCUT2D eigenvalue weighted by molar-refractivity contribution is -0.121. The van der Waals surface area contributed by atoms with Crippen molar-refractivity contribution in [2.45, 2.75) is 27.0 Å². The number of fused-ring (bicyclic) bond motifs is 2. The second-order valence-electron chi connectivity index (χ2n) is 8.05. The summed E-state index contributed by atoms with van der Waals surface area (Å²) in [6.45, 7) is 3.71. The minimum atomic E-state index is -0.524. The Morgan fingerprint density at radius 1 is 1.09 bits per heavy atom. The Bertz CT molecular complexity index is 1490. The van der Waals surface area contributed by atoms with E-state index in [-0.39, 0.29) is 18.7 Å². The number of carbonyl (C=O) groups is 1. The lowest BCUT2D eigenvalue weighted by Gasteiger charge is -2.13. The van der Waals surface area contributed by atoms with Crippen LogP contribution < -0.4 is 11.0 Å². The number of aryl methyl sites for hydroxylation is 2. The van der Waals surface area contributed by atoms with Crippen LogP contribution in [0, 0.1) is 25.2 Å². The maximum absolute atomic E-state index is 12.7. The van der Waals surface area contributed by atoms with E-state index in [4.69, 9.17) is 4.74 Å². The number of methoxy groups -OCH3 is 1. The summed E-state index contributed by atoms with van der Waals surface area (Å²) in [4.78, 5) is 25.3. The number of ether oxygens (including phenoxy) is 1. The number of carbonyl (C=O) groups excluding carboxylic acids is 1. The fourth-order valence-electron chi connectivity index (χ4n) is 4.29. The number of amides is 1. The van der Waals surface area contributed by atoms with Crippen molar-refractivity contribution < 1.29 is 9.53 Å². The van der Waals surface area contributed by atoms with Crippen LogP contribution in [0.3, 0.4) is 0 Å². The topological polar surface area (TPSA) is 96.5 Å². The number of aromatic nitrogens is 1. The zero-order valence-electron chi connectivity index (χ0n) is 19.3. The van der Waals surface area contributed by atoms with Crippen LogP contribution in [0.15, 0.2) is 64.5 Å². The van der Waals surface area contributed by atoms with Crippen LogP contribution in [0.25, 0.3) is 21.5 Å². The predicted molar refractivity (Wildman–Crippen MR) is 133 cm³/mol. The Kier molecular flexibility index (Phi) is 6.53. The van der Waals surface area contributed by atoms with Crippen molar-refractivity contribution in [3.8, 4) is 6.07 Å². The molecule has 0 saturated carbocycles. The Labute approximate surface area is 196 Å². The van der Waals surface area contributed by atoms with Gasteiger partial charge in [-0.2, -0.15) is 10.4 Å². The van der Waals surface area contributed by atoms with Gasteiger partial charge in [0, 0.05) is 23.9 Å². The Balaban J connectivity index is 1.63. The molecule has 0 saturated heterocycles. The lowest BCUT2D eigenvalue weighted by atomic mass is 9.93. The van der Waals surface area contributed by atoms with Gasteiger partial charge in [-0.3, -0.25) is 9.59 Å². The highest BCUT2D eigenvalue weighted by Gasteiger charge is 2.15. The first-order chi connectivity index (χ1) is 16.5. The van der Waals surface area contributed by atoms with Gasteiger partial charge >= 0.3 is 0 Å². The first kappa shape index (κ1) is 22.9. The fraction of sp³-hybridized carbons (Fsp3) is 0.185. The monoisotopic (exact) mass is 452 g/mol. The van der Waals surface area contributed by atoms with E-state index < -0.39 is 11.5 Å². The Morgan fingerprint density at radius 2 is 1.68 bits per heavy atom. The zero-order valence-corrected chi connectivity index (χ0v) is 19.3. The van der Waals surface area contributed by atoms with E-state index >= 15 is 0 Å². The molecule has 0 aliphatic rings. The van der Waals surface area contributed by atoms with E-state index in [1.54, 1.807) is 19.2 Å². The third kappa shape index (κ3) is 4.19. The molecule has 34 heavy (non-hydrogen) atoms. The van der Waals surface area contributed by atoms with Gasteiger partial charge in [-0.1, -0.05) is 48.5 Å². The number of nitrogens with zero attached hydrogens (tertiary/aromatic N) is 3. The molecule has 0 bridgehead atoms. The van der Waals surface area contributed by atoms with Gasteiger partial charge in [0.05, 0.1) is 12.8 Å². The van der Waals surface area contributed by atoms with E-state index in [1.807, 2.05) is 42.5 Å². The summed E-state index contributed by atoms with van der Waals surface area (Å²) in [6.07, 6.45) is 1.64. The largest absolute Gasteiger partial charge is 0.380 e. The number of hydrazone groups is 1. The smallest absolute Gasteiger partial charge is 0.269 e. The summed E-state index contributed by atoms with van der Waals surface area (Å²) in [5, 5.41) is 17.9. The molecule has 0 aliphatic carbocycles. The maximum Gasteiger partial charge on any atom is 0.269 e. The van der Waals surface area contributed by atoms with Gasteiger partial charge in [-0.15, -0.1) is 0 Å². The van der Waals surface area contributed by atoms with Crippen LogP contribution in [0.2, 0.25) is 0 Å². The van der Waals surface area contributed by atoms with Gasteiger partial charge in [0.2, 0.25) is 0 Å². The minimum Gasteiger partial charge on any atom is -0.380 e. The summed E-state index contributed by atoms with van der Waals surface area (Å²) >= 11 is 0. The second-order valence-corrected chi connectivity index (χ2v) is 8.05. The number of hydrogen-bond acceptors (Lipinski definition) is 5. The van der Waals surface area contributed by atoms with Gasteiger partial charge in [0.1, 0.15) is 18.2 Å². The van der Waals surface area contributed by atoms with Gasteiger partial charge in [0.25, 0.3) is 11.5 Å². The molecule has 0 unspecified atom stereocenters. The average Bonchev–Trinajstić information content (AvgIpc) is 2.84. The molecule has 0 spiro atoms. The van der Waals surface area contributed by atoms with Crippen molar-refractivity contribution >= 4 is 33.7 Å². The van der Waals surface area contributed by atoms with Crippen molar-refractivity contribution in [2.24, 2.45) is 5.10 Å². The molecule has 1 amide bonds. The molecule has 0 radical (unpaired) electrons. The summed E-state index contributed by atoms with van der Waals surface area (Å²) < 4.78 is 6.33. The minimum absolute atomic E-state index is 0.0265. The van der Waals surface area contributed by atoms with Crippen LogP contribution >= 0.6 is 0 Å². The van der Waals surface area contributed by atoms with E-state index in [0.29, 0.717) is 11.3 Å². The first-order valence-corrected chi connectivity index (χ1v) is 10.8. The molecule has 0 atom stereocenters. The Morgan fingerprint density at radius 3 is 2.24 bits per heavy atom. The average molecular weight is 453 g/mol. The standard InChI is InChI=1S/C27H24N4O3/c1-17-12-19(16-34-3)24(13-28)27(33)31(17)15-26(32)30-29-14-25-22-10-6-4-8-20(22)18(2)21-9-5-7-11-23(21)25/h4-12,14H,15-16H2,1-3H3,(H,30,32)/b29-14-. The molecular formula is C27H24N4O3. The molecule has 0 aliphatic heterocycles. The number of rotatable bonds is 6. The van der Waals surface area contributed by atoms with Crippen LogP contribution in [0.1, 0.15) is 27.9 Å². The van der Waals surface area contributed by atoms with Gasteiger partial charge in [-0.25, -0.2) is 5.43 Å². The summed E-state index contributed by atoms with van der Waals surface area (Å²) in [6, 6.07) is 19.8. The summed E-state index contributed by atoms with van der Waals surface area (Å²) in [5.74, 6) is -0.467. The van der Waals surface area contributed by atoms with E-state index in [2.05, 4.69) is 29.6 Å². The molecule has 4 aromatic rings. The van der Waals surface area contributed by atoms with Gasteiger partial charge < -0.3 is 9.30 Å². The SMILES string of the molecule is COCc1cc(C)n(CC(=O)N/N=C\c2c3ccccc3c(C)c3ccccc23)c(=O)c1C#N. The molecule has 4 rings (SSSR count). The molecule has 170 valence electrons. The van der Waals surface area contributed by atoms with Crippen molar-refractivity contribution in [1.29, 1.82) is 5.26 Å². The first-order valence-electron chi connectivity index (χ1n) is 10.8. The fourth-order valence-corrected chi connectivity index (χ4v) is 4.29. The van der Waals surface area contributed by atoms with Gasteiger partial charge in [-0.05, 0) is 47.0 Å². The van der Waals surface area contributed by atoms with Crippen LogP contribution in [-0.4, -0.2) is 23.8 Å². The van der Waals surface area contributed by atoms with Crippen molar-refractivity contribution in [3.63, 3.8) is 0 Å². The molecule has 3 aromatic carbocycles. The predicted octanol–water partition coefficient (Wildman–Crippen LogP) is 3.94. The molecule has 1 N–H and O–H groups in total. The highest BCUT2D eigenvalue weighted by Crippen LogP contribution is 2.31. The van der Waals surface area contributed by atoms with Crippen molar-refractivity contribution in [1.82, 2.24) is 9.99 Å². The van der Waals surface area contributed by atoms with E-state index in [1.165, 1.54) is 17.2 Å². The van der Waals surface area contributed by atoms with Gasteiger partial charge in [0.15, 0.2) is 0 Å². The van der Waals surface area contributed by atoms with Crippen LogP contribution in [0.5, 0.6) is 0 Å². The summed E-state index contributed by atoms with van der Waals surface area (Å²) in [5.41, 5.74) is 5.12. The molecule has 0 fully saturated rings. The quantitative estimate of drug-likeness (QED) is 0.272. The maximum atomic E-state index is 12.7. The molecular weight excluding hydrogens is 428 g/mol. The number of nitriles is 1. The van der Waals surface area contributed by atoms with Crippen molar-refractivity contribution in [2.75, 3.05) is 7.11 Å². The van der Waals surface area contributed by atoms with E-state index in [9.17, 15) is 14.9 Å². The highest BCUT2D eigenvalue weighted by atomic mass is 16.5. The molecule has 1 heterocycles.